The number of fused-ring (bicyclic) bond motifs is 1. The van der Waals surface area contributed by atoms with E-state index in [2.05, 4.69) is 28.9 Å². The van der Waals surface area contributed by atoms with Crippen molar-refractivity contribution in [2.75, 3.05) is 5.32 Å². The van der Waals surface area contributed by atoms with Gasteiger partial charge in [-0.3, -0.25) is 14.9 Å². The molecular weight excluding hydrogens is 338 g/mol. The number of rotatable bonds is 6. The van der Waals surface area contributed by atoms with E-state index in [0.717, 1.165) is 41.6 Å². The van der Waals surface area contributed by atoms with E-state index in [-0.39, 0.29) is 17.9 Å². The Labute approximate surface area is 159 Å². The lowest BCUT2D eigenvalue weighted by molar-refractivity contribution is -0.123. The first-order valence-electron chi connectivity index (χ1n) is 9.64. The molecule has 2 aliphatic rings. The summed E-state index contributed by atoms with van der Waals surface area (Å²) < 4.78 is 0. The van der Waals surface area contributed by atoms with Crippen LogP contribution in [0.1, 0.15) is 55.0 Å². The smallest absolute Gasteiger partial charge is 0.241 e. The third kappa shape index (κ3) is 4.19. The zero-order valence-corrected chi connectivity index (χ0v) is 15.5. The minimum absolute atomic E-state index is 0.00286. The summed E-state index contributed by atoms with van der Waals surface area (Å²) in [7, 11) is 0. The second-order valence-corrected chi connectivity index (χ2v) is 7.48. The quantitative estimate of drug-likeness (QED) is 0.738. The Morgan fingerprint density at radius 2 is 1.85 bits per heavy atom. The predicted octanol–water partition coefficient (Wildman–Crippen LogP) is 3.24. The molecule has 4 rings (SSSR count). The molecule has 0 saturated heterocycles. The first kappa shape index (κ1) is 17.7. The Hall–Kier alpha value is -2.66. The maximum Gasteiger partial charge on any atom is 0.241 e. The van der Waals surface area contributed by atoms with Crippen molar-refractivity contribution in [1.82, 2.24) is 10.6 Å². The van der Waals surface area contributed by atoms with Crippen molar-refractivity contribution in [3.63, 3.8) is 0 Å². The van der Waals surface area contributed by atoms with Gasteiger partial charge in [0.1, 0.15) is 6.04 Å². The van der Waals surface area contributed by atoms with Gasteiger partial charge in [0.05, 0.1) is 0 Å². The second-order valence-electron chi connectivity index (χ2n) is 7.48. The largest absolute Gasteiger partial charge is 0.352 e. The SMILES string of the molecule is C[C@H](N[C@H](C(=O)NC1CC1)c1ccccc1)c1ccc2c(c1)CCC(=O)N2. The number of hydrogen-bond donors (Lipinski definition) is 3. The van der Waals surface area contributed by atoms with Gasteiger partial charge in [0.25, 0.3) is 0 Å². The van der Waals surface area contributed by atoms with Gasteiger partial charge in [-0.2, -0.15) is 0 Å². The fourth-order valence-corrected chi connectivity index (χ4v) is 3.50. The topological polar surface area (TPSA) is 70.2 Å². The molecular formula is C22H25N3O2. The van der Waals surface area contributed by atoms with Gasteiger partial charge in [-0.25, -0.2) is 0 Å². The van der Waals surface area contributed by atoms with Crippen LogP contribution >= 0.6 is 0 Å². The summed E-state index contributed by atoms with van der Waals surface area (Å²) >= 11 is 0. The first-order valence-corrected chi connectivity index (χ1v) is 9.64. The maximum absolute atomic E-state index is 12.8. The number of anilines is 1. The molecule has 1 aliphatic heterocycles. The van der Waals surface area contributed by atoms with Crippen LogP contribution in [0.25, 0.3) is 0 Å². The number of hydrogen-bond acceptors (Lipinski definition) is 3. The molecule has 140 valence electrons. The average Bonchev–Trinajstić information content (AvgIpc) is 3.50. The lowest BCUT2D eigenvalue weighted by atomic mass is 9.96. The van der Waals surface area contributed by atoms with Crippen LogP contribution in [0.4, 0.5) is 5.69 Å². The molecule has 3 N–H and O–H groups in total. The van der Waals surface area contributed by atoms with Gasteiger partial charge < -0.3 is 10.6 Å². The van der Waals surface area contributed by atoms with Gasteiger partial charge in [-0.1, -0.05) is 42.5 Å². The Bertz CT molecular complexity index is 846. The van der Waals surface area contributed by atoms with Crippen LogP contribution in [0.15, 0.2) is 48.5 Å². The van der Waals surface area contributed by atoms with Crippen LogP contribution in [-0.4, -0.2) is 17.9 Å². The summed E-state index contributed by atoms with van der Waals surface area (Å²) in [5, 5.41) is 9.53. The fourth-order valence-electron chi connectivity index (χ4n) is 3.50. The minimum atomic E-state index is -0.391. The normalized spacial score (nSPS) is 18.2. The molecule has 2 aromatic carbocycles. The predicted molar refractivity (Wildman–Crippen MR) is 105 cm³/mol. The van der Waals surface area contributed by atoms with E-state index in [4.69, 9.17) is 0 Å². The van der Waals surface area contributed by atoms with E-state index >= 15 is 0 Å². The van der Waals surface area contributed by atoms with Gasteiger partial charge in [0.2, 0.25) is 11.8 Å². The van der Waals surface area contributed by atoms with Crippen LogP contribution in [0.2, 0.25) is 0 Å². The van der Waals surface area contributed by atoms with Crippen LogP contribution in [-0.2, 0) is 16.0 Å². The highest BCUT2D eigenvalue weighted by molar-refractivity contribution is 5.93. The summed E-state index contributed by atoms with van der Waals surface area (Å²) in [5.41, 5.74) is 4.13. The molecule has 0 aromatic heterocycles. The Balaban J connectivity index is 1.53. The van der Waals surface area contributed by atoms with Crippen molar-refractivity contribution in [2.45, 2.75) is 50.7 Å². The number of carbonyl (C=O) groups is 2. The monoisotopic (exact) mass is 363 g/mol. The molecule has 1 heterocycles. The van der Waals surface area contributed by atoms with Crippen molar-refractivity contribution >= 4 is 17.5 Å². The van der Waals surface area contributed by atoms with Crippen molar-refractivity contribution in [3.05, 3.63) is 65.2 Å². The van der Waals surface area contributed by atoms with Crippen LogP contribution in [0, 0.1) is 0 Å². The molecule has 27 heavy (non-hydrogen) atoms. The van der Waals surface area contributed by atoms with Crippen LogP contribution in [0.3, 0.4) is 0 Å². The molecule has 1 fully saturated rings. The standard InChI is InChI=1S/C22H25N3O2/c1-14(16-7-11-19-17(13-16)8-12-20(26)25-19)23-21(15-5-3-2-4-6-15)22(27)24-18-9-10-18/h2-7,11,13-14,18,21,23H,8-10,12H2,1H3,(H,24,27)(H,25,26)/t14-,21-/m0/s1. The maximum atomic E-state index is 12.8. The summed E-state index contributed by atoms with van der Waals surface area (Å²) in [4.78, 5) is 24.4. The molecule has 1 saturated carbocycles. The third-order valence-corrected chi connectivity index (χ3v) is 5.26. The molecule has 1 aliphatic carbocycles. The Kier molecular flexibility index (Phi) is 4.94. The van der Waals surface area contributed by atoms with E-state index in [1.54, 1.807) is 0 Å². The second kappa shape index (κ2) is 7.53. The number of carbonyl (C=O) groups excluding carboxylic acids is 2. The van der Waals surface area contributed by atoms with Gasteiger partial charge in [-0.15, -0.1) is 0 Å². The molecule has 5 heteroatoms. The van der Waals surface area contributed by atoms with Crippen molar-refractivity contribution in [2.24, 2.45) is 0 Å². The zero-order chi connectivity index (χ0) is 18.8. The molecule has 5 nitrogen and oxygen atoms in total. The molecule has 2 atom stereocenters. The van der Waals surface area contributed by atoms with Gasteiger partial charge in [0, 0.05) is 24.2 Å². The van der Waals surface area contributed by atoms with E-state index < -0.39 is 6.04 Å². The molecule has 2 aromatic rings. The van der Waals surface area contributed by atoms with Crippen LogP contribution < -0.4 is 16.0 Å². The molecule has 0 unspecified atom stereocenters. The van der Waals surface area contributed by atoms with Crippen LogP contribution in [0.5, 0.6) is 0 Å². The first-order chi connectivity index (χ1) is 13.1. The van der Waals surface area contributed by atoms with Gasteiger partial charge >= 0.3 is 0 Å². The summed E-state index contributed by atoms with van der Waals surface area (Å²) in [5.74, 6) is 0.100. The lowest BCUT2D eigenvalue weighted by Crippen LogP contribution is -2.39. The number of aryl methyl sites for hydroxylation is 1. The number of amides is 2. The van der Waals surface area contributed by atoms with Crippen molar-refractivity contribution in [3.8, 4) is 0 Å². The molecule has 2 amide bonds. The van der Waals surface area contributed by atoms with Crippen molar-refractivity contribution in [1.29, 1.82) is 0 Å². The number of nitrogens with one attached hydrogen (secondary N) is 3. The molecule has 0 spiro atoms. The van der Waals surface area contributed by atoms with E-state index in [1.165, 1.54) is 0 Å². The highest BCUT2D eigenvalue weighted by atomic mass is 16.2. The van der Waals surface area contributed by atoms with Gasteiger partial charge in [0.15, 0.2) is 0 Å². The Morgan fingerprint density at radius 1 is 1.07 bits per heavy atom. The zero-order valence-electron chi connectivity index (χ0n) is 15.5. The summed E-state index contributed by atoms with van der Waals surface area (Å²) in [6, 6.07) is 15.9. The lowest BCUT2D eigenvalue weighted by Gasteiger charge is -2.25. The Morgan fingerprint density at radius 3 is 2.59 bits per heavy atom. The average molecular weight is 363 g/mol. The van der Waals surface area contributed by atoms with Gasteiger partial charge in [-0.05, 0) is 48.9 Å². The fraction of sp³-hybridized carbons (Fsp3) is 0.364. The van der Waals surface area contributed by atoms with E-state index in [0.29, 0.717) is 12.5 Å². The highest BCUT2D eigenvalue weighted by Crippen LogP contribution is 2.28. The summed E-state index contributed by atoms with van der Waals surface area (Å²) in [6.07, 6.45) is 3.42. The highest BCUT2D eigenvalue weighted by Gasteiger charge is 2.29. The molecule has 0 bridgehead atoms. The van der Waals surface area contributed by atoms with Crippen molar-refractivity contribution < 1.29 is 9.59 Å². The number of benzene rings is 2. The molecule has 0 radical (unpaired) electrons. The minimum Gasteiger partial charge on any atom is -0.352 e. The summed E-state index contributed by atoms with van der Waals surface area (Å²) in [6.45, 7) is 2.07. The third-order valence-electron chi connectivity index (χ3n) is 5.26. The van der Waals surface area contributed by atoms with E-state index in [9.17, 15) is 9.59 Å². The van der Waals surface area contributed by atoms with E-state index in [1.807, 2.05) is 42.5 Å².